The third-order valence-electron chi connectivity index (χ3n) is 11.1. The van der Waals surface area contributed by atoms with Gasteiger partial charge in [-0.05, 0) is 59.7 Å². The highest BCUT2D eigenvalue weighted by molar-refractivity contribution is 7.26. The molecule has 0 radical (unpaired) electrons. The summed E-state index contributed by atoms with van der Waals surface area (Å²) < 4.78 is 11.3. The van der Waals surface area contributed by atoms with E-state index in [0.29, 0.717) is 17.5 Å². The largest absolute Gasteiger partial charge is 0.456 e. The van der Waals surface area contributed by atoms with Crippen LogP contribution in [0.15, 0.2) is 186 Å². The number of thiophene rings is 1. The zero-order valence-electron chi connectivity index (χ0n) is 30.4. The lowest BCUT2D eigenvalue weighted by Crippen LogP contribution is -2.00. The minimum atomic E-state index is 0.652. The van der Waals surface area contributed by atoms with Crippen molar-refractivity contribution in [1.29, 1.82) is 0 Å². The number of fused-ring (bicyclic) bond motifs is 9. The number of benzene rings is 8. The van der Waals surface area contributed by atoms with E-state index in [0.717, 1.165) is 54.6 Å². The number of hydrogen-bond acceptors (Lipinski definition) is 5. The van der Waals surface area contributed by atoms with Crippen LogP contribution in [0.3, 0.4) is 0 Å². The average molecular weight is 747 g/mol. The molecule has 0 aliphatic rings. The van der Waals surface area contributed by atoms with E-state index in [2.05, 4.69) is 126 Å². The van der Waals surface area contributed by atoms with Gasteiger partial charge in [-0.2, -0.15) is 0 Å². The quantitative estimate of drug-likeness (QED) is 0.176. The Bertz CT molecular complexity index is 3420. The molecule has 0 saturated heterocycles. The van der Waals surface area contributed by atoms with E-state index >= 15 is 0 Å². The molecule has 0 saturated carbocycles. The molecule has 0 aliphatic carbocycles. The van der Waals surface area contributed by atoms with Crippen LogP contribution in [0.4, 0.5) is 0 Å². The zero-order valence-corrected chi connectivity index (χ0v) is 31.2. The van der Waals surface area contributed by atoms with Crippen LogP contribution in [0.25, 0.3) is 115 Å². The number of hydrogen-bond donors (Lipinski definition) is 0. The van der Waals surface area contributed by atoms with E-state index in [4.69, 9.17) is 19.4 Å². The molecular formula is C51H30N4OS. The van der Waals surface area contributed by atoms with Gasteiger partial charge in [-0.3, -0.25) is 0 Å². The van der Waals surface area contributed by atoms with Gasteiger partial charge in [0.2, 0.25) is 0 Å². The van der Waals surface area contributed by atoms with Gasteiger partial charge in [0.05, 0.1) is 11.0 Å². The molecule has 0 atom stereocenters. The first-order valence-corrected chi connectivity index (χ1v) is 19.8. The van der Waals surface area contributed by atoms with Crippen molar-refractivity contribution in [2.45, 2.75) is 0 Å². The van der Waals surface area contributed by atoms with Gasteiger partial charge in [0.25, 0.3) is 0 Å². The summed E-state index contributed by atoms with van der Waals surface area (Å²) in [6.07, 6.45) is 0. The van der Waals surface area contributed by atoms with Crippen LogP contribution in [0.1, 0.15) is 0 Å². The molecule has 57 heavy (non-hydrogen) atoms. The summed E-state index contributed by atoms with van der Waals surface area (Å²) in [4.78, 5) is 15.1. The summed E-state index contributed by atoms with van der Waals surface area (Å²) in [6, 6.07) is 63.7. The van der Waals surface area contributed by atoms with E-state index in [1.54, 1.807) is 11.3 Å². The van der Waals surface area contributed by atoms with Gasteiger partial charge in [0, 0.05) is 64.1 Å². The number of aromatic nitrogens is 4. The Kier molecular flexibility index (Phi) is 7.03. The van der Waals surface area contributed by atoms with Crippen LogP contribution >= 0.6 is 11.3 Å². The van der Waals surface area contributed by atoms with Gasteiger partial charge in [-0.1, -0.05) is 133 Å². The van der Waals surface area contributed by atoms with E-state index < -0.39 is 0 Å². The molecule has 6 heteroatoms. The van der Waals surface area contributed by atoms with Gasteiger partial charge < -0.3 is 8.98 Å². The Labute approximate surface area is 330 Å². The van der Waals surface area contributed by atoms with Crippen LogP contribution in [0.5, 0.6) is 0 Å². The van der Waals surface area contributed by atoms with Crippen LogP contribution in [-0.4, -0.2) is 19.5 Å². The van der Waals surface area contributed by atoms with Crippen molar-refractivity contribution < 1.29 is 4.42 Å². The topological polar surface area (TPSA) is 56.7 Å². The number of nitrogens with zero attached hydrogens (tertiary/aromatic N) is 4. The number of rotatable bonds is 5. The molecule has 12 rings (SSSR count). The third kappa shape index (κ3) is 5.04. The first-order chi connectivity index (χ1) is 28.2. The molecule has 8 aromatic carbocycles. The second-order valence-electron chi connectivity index (χ2n) is 14.4. The highest BCUT2D eigenvalue weighted by atomic mass is 32.1. The lowest BCUT2D eigenvalue weighted by atomic mass is 10.0. The zero-order chi connectivity index (χ0) is 37.5. The second kappa shape index (κ2) is 12.6. The first-order valence-electron chi connectivity index (χ1n) is 19.0. The maximum absolute atomic E-state index is 6.58. The molecule has 266 valence electrons. The normalized spacial score (nSPS) is 11.9. The highest BCUT2D eigenvalue weighted by Gasteiger charge is 2.19. The predicted molar refractivity (Wildman–Crippen MR) is 236 cm³/mol. The summed E-state index contributed by atoms with van der Waals surface area (Å²) in [5.74, 6) is 1.96. The first kappa shape index (κ1) is 31.9. The van der Waals surface area contributed by atoms with Crippen LogP contribution in [-0.2, 0) is 0 Å². The van der Waals surface area contributed by atoms with Crippen molar-refractivity contribution in [3.8, 4) is 51.0 Å². The summed E-state index contributed by atoms with van der Waals surface area (Å²) in [5.41, 5.74) is 10.4. The van der Waals surface area contributed by atoms with Gasteiger partial charge in [-0.15, -0.1) is 11.3 Å². The van der Waals surface area contributed by atoms with E-state index in [-0.39, 0.29) is 0 Å². The van der Waals surface area contributed by atoms with E-state index in [1.807, 2.05) is 60.7 Å². The van der Waals surface area contributed by atoms with Crippen LogP contribution < -0.4 is 0 Å². The lowest BCUT2D eigenvalue weighted by Gasteiger charge is -2.09. The van der Waals surface area contributed by atoms with Crippen molar-refractivity contribution in [3.63, 3.8) is 0 Å². The summed E-state index contributed by atoms with van der Waals surface area (Å²) in [6.45, 7) is 0. The molecule has 12 aromatic rings. The Balaban J connectivity index is 0.993. The second-order valence-corrected chi connectivity index (χ2v) is 15.4. The maximum atomic E-state index is 6.58. The molecule has 0 spiro atoms. The van der Waals surface area contributed by atoms with Gasteiger partial charge in [0.1, 0.15) is 11.2 Å². The maximum Gasteiger partial charge on any atom is 0.165 e. The third-order valence-corrected chi connectivity index (χ3v) is 12.4. The van der Waals surface area contributed by atoms with Crippen molar-refractivity contribution in [2.75, 3.05) is 0 Å². The molecule has 0 bridgehead atoms. The van der Waals surface area contributed by atoms with Crippen molar-refractivity contribution >= 4 is 75.3 Å². The Morgan fingerprint density at radius 3 is 1.60 bits per heavy atom. The van der Waals surface area contributed by atoms with Crippen molar-refractivity contribution in [2.24, 2.45) is 0 Å². The Hall–Kier alpha value is -7.41. The molecule has 0 fully saturated rings. The van der Waals surface area contributed by atoms with E-state index in [1.165, 1.54) is 42.8 Å². The Morgan fingerprint density at radius 1 is 0.368 bits per heavy atom. The molecular weight excluding hydrogens is 717 g/mol. The minimum absolute atomic E-state index is 0.652. The minimum Gasteiger partial charge on any atom is -0.456 e. The molecule has 0 unspecified atom stereocenters. The fraction of sp³-hybridized carbons (Fsp3) is 0. The van der Waals surface area contributed by atoms with Crippen molar-refractivity contribution in [3.05, 3.63) is 182 Å². The molecule has 0 amide bonds. The highest BCUT2D eigenvalue weighted by Crippen LogP contribution is 2.45. The fourth-order valence-electron chi connectivity index (χ4n) is 8.43. The van der Waals surface area contributed by atoms with Crippen LogP contribution in [0, 0.1) is 0 Å². The molecule has 4 aromatic heterocycles. The summed E-state index contributed by atoms with van der Waals surface area (Å²) in [5, 5.41) is 7.08. The fourth-order valence-corrected chi connectivity index (χ4v) is 9.77. The van der Waals surface area contributed by atoms with Gasteiger partial charge >= 0.3 is 0 Å². The number of furan rings is 1. The predicted octanol–water partition coefficient (Wildman–Crippen LogP) is 13.9. The SMILES string of the molecule is c1ccc(-c2nc(-c3ccccc3)nc(-c3cccc4c3sc3c(-c5ccc6c(c5)oc5ccc(-n7c8ccccc8c8ccccc87)cc56)cccc34)n2)cc1. The standard InChI is InChI=1S/C51H30N4OS/c1-3-13-31(14-4-1)49-52-50(32-15-5-2-6-16-32)54-51(53-49)41-22-12-21-40-39-20-11-19-35(47(39)57-48(40)41)33-25-27-38-42-30-34(26-28-45(42)56-46(38)29-33)55-43-23-9-7-17-36(43)37-18-8-10-24-44(37)55/h1-30H. The van der Waals surface area contributed by atoms with Crippen molar-refractivity contribution in [1.82, 2.24) is 19.5 Å². The lowest BCUT2D eigenvalue weighted by molar-refractivity contribution is 0.669. The molecule has 4 heterocycles. The van der Waals surface area contributed by atoms with E-state index in [9.17, 15) is 0 Å². The smallest absolute Gasteiger partial charge is 0.165 e. The van der Waals surface area contributed by atoms with Gasteiger partial charge in [0.15, 0.2) is 17.5 Å². The number of para-hydroxylation sites is 2. The summed E-state index contributed by atoms with van der Waals surface area (Å²) >= 11 is 1.79. The molecule has 0 N–H and O–H groups in total. The summed E-state index contributed by atoms with van der Waals surface area (Å²) in [7, 11) is 0. The Morgan fingerprint density at radius 2 is 0.930 bits per heavy atom. The average Bonchev–Trinajstić information content (AvgIpc) is 3.96. The van der Waals surface area contributed by atoms with Crippen LogP contribution in [0.2, 0.25) is 0 Å². The monoisotopic (exact) mass is 746 g/mol. The van der Waals surface area contributed by atoms with Gasteiger partial charge in [-0.25, -0.2) is 15.0 Å². The molecule has 5 nitrogen and oxygen atoms in total. The molecule has 0 aliphatic heterocycles.